The molecule has 1 unspecified atom stereocenters. The average molecular weight is 337 g/mol. The summed E-state index contributed by atoms with van der Waals surface area (Å²) in [4.78, 5) is 0. The predicted molar refractivity (Wildman–Crippen MR) is 92.0 cm³/mol. The molecule has 1 atom stereocenters. The van der Waals surface area contributed by atoms with Crippen LogP contribution in [-0.4, -0.2) is 16.7 Å². The van der Waals surface area contributed by atoms with E-state index in [0.717, 1.165) is 24.1 Å². The maximum Gasteiger partial charge on any atom is 0.132 e. The fraction of sp³-hybridized carbons (Fsp3) is 0.200. The number of aromatic nitrogens is 2. The Hall–Kier alpha value is -2.66. The summed E-state index contributed by atoms with van der Waals surface area (Å²) in [7, 11) is 0. The molecule has 0 fully saturated rings. The molecule has 1 aromatic heterocycles. The van der Waals surface area contributed by atoms with Crippen LogP contribution in [0.3, 0.4) is 0 Å². The third-order valence-corrected chi connectivity index (χ3v) is 4.66. The van der Waals surface area contributed by atoms with Crippen molar-refractivity contribution < 1.29 is 8.78 Å². The molecule has 1 aliphatic rings. The summed E-state index contributed by atoms with van der Waals surface area (Å²) < 4.78 is 29.1. The van der Waals surface area contributed by atoms with Crippen LogP contribution in [0, 0.1) is 11.6 Å². The van der Waals surface area contributed by atoms with Gasteiger partial charge in [0.2, 0.25) is 0 Å². The van der Waals surface area contributed by atoms with Gasteiger partial charge in [0.1, 0.15) is 11.6 Å². The number of halogens is 2. The van der Waals surface area contributed by atoms with Crippen LogP contribution in [0.15, 0.2) is 54.7 Å². The van der Waals surface area contributed by atoms with E-state index >= 15 is 0 Å². The fourth-order valence-corrected chi connectivity index (χ4v) is 3.46. The Kier molecular flexibility index (Phi) is 4.24. The third-order valence-electron chi connectivity index (χ3n) is 4.66. The third kappa shape index (κ3) is 3.03. The van der Waals surface area contributed by atoms with E-state index in [1.807, 2.05) is 6.07 Å². The molecule has 0 bridgehead atoms. The molecule has 25 heavy (non-hydrogen) atoms. The second-order valence-corrected chi connectivity index (χ2v) is 6.18. The van der Waals surface area contributed by atoms with E-state index in [-0.39, 0.29) is 17.6 Å². The topological polar surface area (TPSA) is 37.8 Å². The van der Waals surface area contributed by atoms with Crippen LogP contribution in [0.4, 0.5) is 8.78 Å². The lowest BCUT2D eigenvalue weighted by Crippen LogP contribution is -2.12. The molecule has 0 aliphatic carbocycles. The quantitative estimate of drug-likeness (QED) is 0.767. The van der Waals surface area contributed by atoms with Crippen LogP contribution in [0.25, 0.3) is 11.3 Å². The lowest BCUT2D eigenvalue weighted by atomic mass is 9.85. The zero-order valence-corrected chi connectivity index (χ0v) is 13.5. The lowest BCUT2D eigenvalue weighted by Gasteiger charge is -2.19. The van der Waals surface area contributed by atoms with E-state index in [9.17, 15) is 8.78 Å². The average Bonchev–Trinajstić information content (AvgIpc) is 2.84. The Morgan fingerprint density at radius 2 is 1.84 bits per heavy atom. The molecule has 0 spiro atoms. The highest BCUT2D eigenvalue weighted by Gasteiger charge is 2.24. The second kappa shape index (κ2) is 6.69. The van der Waals surface area contributed by atoms with Crippen LogP contribution >= 0.6 is 0 Å². The summed E-state index contributed by atoms with van der Waals surface area (Å²) in [5, 5.41) is 11.2. The summed E-state index contributed by atoms with van der Waals surface area (Å²) in [5.74, 6) is -0.780. The molecule has 126 valence electrons. The highest BCUT2D eigenvalue weighted by Crippen LogP contribution is 2.36. The number of hydrogen-bond donors (Lipinski definition) is 1. The van der Waals surface area contributed by atoms with E-state index in [1.54, 1.807) is 36.5 Å². The minimum atomic E-state index is -0.359. The number of nitrogens with zero attached hydrogens (tertiary/aromatic N) is 2. The maximum absolute atomic E-state index is 14.8. The predicted octanol–water partition coefficient (Wildman–Crippen LogP) is 4.05. The molecular weight excluding hydrogens is 320 g/mol. The van der Waals surface area contributed by atoms with Gasteiger partial charge in [-0.2, -0.15) is 10.2 Å². The van der Waals surface area contributed by atoms with Crippen LogP contribution in [0.5, 0.6) is 0 Å². The molecule has 3 nitrogen and oxygen atoms in total. The number of fused-ring (bicyclic) bond motifs is 1. The van der Waals surface area contributed by atoms with E-state index in [4.69, 9.17) is 0 Å². The van der Waals surface area contributed by atoms with E-state index in [1.165, 1.54) is 12.1 Å². The minimum absolute atomic E-state index is 0.170. The van der Waals surface area contributed by atoms with Crippen molar-refractivity contribution in [3.05, 3.63) is 83.1 Å². The Morgan fingerprint density at radius 1 is 0.960 bits per heavy atom. The lowest BCUT2D eigenvalue weighted by molar-refractivity contribution is 0.577. The smallest absolute Gasteiger partial charge is 0.132 e. The molecule has 5 heteroatoms. The normalized spacial score (nSPS) is 17.0. The van der Waals surface area contributed by atoms with Gasteiger partial charge in [-0.3, -0.25) is 0 Å². The minimum Gasteiger partial charge on any atom is -0.313 e. The Labute approximate surface area is 144 Å². The Bertz CT molecular complexity index is 897. The molecule has 2 heterocycles. The SMILES string of the molecule is Fc1cc2c(cc1-c1cccnn1)CNCCC2c1ccccc1F. The van der Waals surface area contributed by atoms with Gasteiger partial charge >= 0.3 is 0 Å². The van der Waals surface area contributed by atoms with Gasteiger partial charge in [0.25, 0.3) is 0 Å². The summed E-state index contributed by atoms with van der Waals surface area (Å²) in [6, 6.07) is 13.5. The summed E-state index contributed by atoms with van der Waals surface area (Å²) in [5.41, 5.74) is 3.32. The van der Waals surface area contributed by atoms with E-state index in [0.29, 0.717) is 23.4 Å². The first-order chi connectivity index (χ1) is 12.2. The molecule has 0 amide bonds. The van der Waals surface area contributed by atoms with Crippen molar-refractivity contribution in [2.24, 2.45) is 0 Å². The highest BCUT2D eigenvalue weighted by molar-refractivity contribution is 5.62. The molecule has 0 saturated carbocycles. The van der Waals surface area contributed by atoms with Gasteiger partial charge in [0, 0.05) is 24.2 Å². The Morgan fingerprint density at radius 3 is 2.64 bits per heavy atom. The Balaban J connectivity index is 1.85. The number of hydrogen-bond acceptors (Lipinski definition) is 3. The molecule has 0 radical (unpaired) electrons. The largest absolute Gasteiger partial charge is 0.313 e. The van der Waals surface area contributed by atoms with Crippen molar-refractivity contribution in [3.63, 3.8) is 0 Å². The van der Waals surface area contributed by atoms with Gasteiger partial charge in [0.05, 0.1) is 5.69 Å². The standard InChI is InChI=1S/C20H17F2N3/c21-18-5-2-1-4-15(18)14-7-9-23-12-13-10-17(19(22)11-16(13)14)20-6-3-8-24-25-20/h1-6,8,10-11,14,23H,7,9,12H2. The van der Waals surface area contributed by atoms with Crippen LogP contribution in [0.1, 0.15) is 29.0 Å². The molecule has 3 aromatic rings. The van der Waals surface area contributed by atoms with Gasteiger partial charge in [-0.1, -0.05) is 18.2 Å². The first-order valence-corrected chi connectivity index (χ1v) is 8.29. The fourth-order valence-electron chi connectivity index (χ4n) is 3.46. The van der Waals surface area contributed by atoms with Gasteiger partial charge in [-0.25, -0.2) is 8.78 Å². The monoisotopic (exact) mass is 337 g/mol. The van der Waals surface area contributed by atoms with Crippen LogP contribution < -0.4 is 5.32 Å². The second-order valence-electron chi connectivity index (χ2n) is 6.18. The van der Waals surface area contributed by atoms with Gasteiger partial charge in [-0.15, -0.1) is 0 Å². The van der Waals surface area contributed by atoms with Crippen molar-refractivity contribution in [1.82, 2.24) is 15.5 Å². The molecule has 2 aromatic carbocycles. The summed E-state index contributed by atoms with van der Waals surface area (Å²) in [6.07, 6.45) is 2.28. The highest BCUT2D eigenvalue weighted by atomic mass is 19.1. The van der Waals surface area contributed by atoms with E-state index < -0.39 is 0 Å². The van der Waals surface area contributed by atoms with Gasteiger partial charge < -0.3 is 5.32 Å². The van der Waals surface area contributed by atoms with Gasteiger partial charge in [0.15, 0.2) is 0 Å². The first-order valence-electron chi connectivity index (χ1n) is 8.29. The molecule has 1 aliphatic heterocycles. The zero-order chi connectivity index (χ0) is 17.2. The van der Waals surface area contributed by atoms with Crippen LogP contribution in [0.2, 0.25) is 0 Å². The van der Waals surface area contributed by atoms with Crippen molar-refractivity contribution in [2.45, 2.75) is 18.9 Å². The van der Waals surface area contributed by atoms with E-state index in [2.05, 4.69) is 15.5 Å². The van der Waals surface area contributed by atoms with Gasteiger partial charge in [-0.05, 0) is 60.0 Å². The first kappa shape index (κ1) is 15.8. The van der Waals surface area contributed by atoms with Crippen molar-refractivity contribution in [2.75, 3.05) is 6.54 Å². The van der Waals surface area contributed by atoms with Crippen molar-refractivity contribution in [3.8, 4) is 11.3 Å². The summed E-state index contributed by atoms with van der Waals surface area (Å²) >= 11 is 0. The zero-order valence-electron chi connectivity index (χ0n) is 13.5. The number of benzene rings is 2. The number of nitrogens with one attached hydrogen (secondary N) is 1. The molecule has 1 N–H and O–H groups in total. The van der Waals surface area contributed by atoms with Crippen molar-refractivity contribution in [1.29, 1.82) is 0 Å². The van der Waals surface area contributed by atoms with Crippen LogP contribution in [-0.2, 0) is 6.54 Å². The molecule has 0 saturated heterocycles. The molecular formula is C20H17F2N3. The summed E-state index contributed by atoms with van der Waals surface area (Å²) in [6.45, 7) is 1.36. The molecule has 4 rings (SSSR count). The maximum atomic E-state index is 14.8. The van der Waals surface area contributed by atoms with Crippen molar-refractivity contribution >= 4 is 0 Å². The number of rotatable bonds is 2.